The van der Waals surface area contributed by atoms with E-state index in [1.165, 1.54) is 24.8 Å². The molecule has 2 aromatic rings. The van der Waals surface area contributed by atoms with Gasteiger partial charge in [0, 0.05) is 5.41 Å². The number of carbonyl (C=O) groups is 1. The highest BCUT2D eigenvalue weighted by atomic mass is 19.1. The summed E-state index contributed by atoms with van der Waals surface area (Å²) in [6.45, 7) is 10.2. The number of methoxy groups -OCH3 is 1. The molecule has 2 atom stereocenters. The van der Waals surface area contributed by atoms with E-state index in [2.05, 4.69) is 31.3 Å². The van der Waals surface area contributed by atoms with Crippen LogP contribution in [-0.4, -0.2) is 35.1 Å². The zero-order valence-electron chi connectivity index (χ0n) is 18.7. The predicted octanol–water partition coefficient (Wildman–Crippen LogP) is 5.20. The normalized spacial score (nSPS) is 24.2. The Morgan fingerprint density at radius 1 is 1.34 bits per heavy atom. The fourth-order valence-electron chi connectivity index (χ4n) is 5.21. The van der Waals surface area contributed by atoms with Crippen LogP contribution in [-0.2, 0) is 20.7 Å². The van der Waals surface area contributed by atoms with Crippen molar-refractivity contribution >= 4 is 12.0 Å². The SMILES string of the molecule is C=CC[C@]1(OCC(=C)C(=O)OC)CCCC2=Cc3c(cnn3-c3ccc(F)cc3)C[C@@]21C. The quantitative estimate of drug-likeness (QED) is 0.340. The van der Waals surface area contributed by atoms with Gasteiger partial charge in [-0.2, -0.15) is 5.10 Å². The molecule has 0 amide bonds. The molecule has 4 rings (SSSR count). The van der Waals surface area contributed by atoms with Crippen LogP contribution in [0.5, 0.6) is 0 Å². The molecule has 2 aliphatic rings. The molecule has 0 radical (unpaired) electrons. The number of ether oxygens (including phenoxy) is 2. The lowest BCUT2D eigenvalue weighted by Gasteiger charge is -2.54. The van der Waals surface area contributed by atoms with Gasteiger partial charge in [-0.3, -0.25) is 0 Å². The zero-order chi connectivity index (χ0) is 22.9. The topological polar surface area (TPSA) is 53.4 Å². The van der Waals surface area contributed by atoms with E-state index in [4.69, 9.17) is 9.47 Å². The number of fused-ring (bicyclic) bond motifs is 2. The minimum Gasteiger partial charge on any atom is -0.466 e. The third kappa shape index (κ3) is 3.62. The summed E-state index contributed by atoms with van der Waals surface area (Å²) in [7, 11) is 1.34. The molecule has 2 aliphatic carbocycles. The predicted molar refractivity (Wildman–Crippen MR) is 122 cm³/mol. The van der Waals surface area contributed by atoms with Crippen molar-refractivity contribution in [1.29, 1.82) is 0 Å². The van der Waals surface area contributed by atoms with E-state index in [0.29, 0.717) is 12.0 Å². The summed E-state index contributed by atoms with van der Waals surface area (Å²) < 4.78 is 26.6. The first-order chi connectivity index (χ1) is 15.3. The summed E-state index contributed by atoms with van der Waals surface area (Å²) in [6.07, 6.45) is 10.2. The smallest absolute Gasteiger partial charge is 0.335 e. The third-order valence-corrected chi connectivity index (χ3v) is 7.02. The molecule has 1 aromatic carbocycles. The summed E-state index contributed by atoms with van der Waals surface area (Å²) in [5.74, 6) is -0.727. The van der Waals surface area contributed by atoms with Crippen LogP contribution >= 0.6 is 0 Å². The molecule has 1 fully saturated rings. The maximum absolute atomic E-state index is 13.4. The Morgan fingerprint density at radius 2 is 2.09 bits per heavy atom. The number of carbonyl (C=O) groups excluding carboxylic acids is 1. The Hall–Kier alpha value is -2.99. The number of hydrogen-bond donors (Lipinski definition) is 0. The molecular weight excluding hydrogens is 407 g/mol. The van der Waals surface area contributed by atoms with E-state index in [1.54, 1.807) is 12.1 Å². The average Bonchev–Trinajstić information content (AvgIpc) is 3.19. The molecule has 6 heteroatoms. The number of halogens is 1. The maximum Gasteiger partial charge on any atom is 0.335 e. The lowest BCUT2D eigenvalue weighted by Crippen LogP contribution is -2.54. The van der Waals surface area contributed by atoms with Crippen LogP contribution in [0.4, 0.5) is 4.39 Å². The number of nitrogens with zero attached hydrogens (tertiary/aromatic N) is 2. The van der Waals surface area contributed by atoms with Crippen molar-refractivity contribution in [2.45, 2.75) is 44.6 Å². The molecule has 1 saturated carbocycles. The van der Waals surface area contributed by atoms with Gasteiger partial charge in [-0.05, 0) is 68.0 Å². The standard InChI is InChI=1S/C26H29FN2O3/c1-5-12-26(32-17-18(2)24(30)31-4)13-6-7-20-14-23-19(15-25(20,26)3)16-28-29(23)22-10-8-21(27)9-11-22/h5,8-11,14,16H,1-2,6-7,12-13,15,17H2,3-4H3/t25-,26-/m0/s1. The summed E-state index contributed by atoms with van der Waals surface area (Å²) in [5.41, 5.74) is 3.78. The van der Waals surface area contributed by atoms with E-state index in [-0.39, 0.29) is 17.8 Å². The molecule has 0 bridgehead atoms. The van der Waals surface area contributed by atoms with Crippen LogP contribution in [0.2, 0.25) is 0 Å². The van der Waals surface area contributed by atoms with Crippen molar-refractivity contribution in [2.75, 3.05) is 13.7 Å². The Morgan fingerprint density at radius 3 is 2.78 bits per heavy atom. The van der Waals surface area contributed by atoms with Gasteiger partial charge < -0.3 is 9.47 Å². The van der Waals surface area contributed by atoms with Gasteiger partial charge in [-0.25, -0.2) is 13.9 Å². The number of rotatable bonds is 7. The fraction of sp³-hybridized carbons (Fsp3) is 0.385. The van der Waals surface area contributed by atoms with E-state index < -0.39 is 11.6 Å². The van der Waals surface area contributed by atoms with Crippen LogP contribution in [0, 0.1) is 11.2 Å². The van der Waals surface area contributed by atoms with Crippen LogP contribution in [0.1, 0.15) is 43.9 Å². The van der Waals surface area contributed by atoms with Crippen LogP contribution in [0.15, 0.2) is 60.8 Å². The van der Waals surface area contributed by atoms with Gasteiger partial charge >= 0.3 is 5.97 Å². The Labute approximate surface area is 188 Å². The van der Waals surface area contributed by atoms with Gasteiger partial charge in [0.25, 0.3) is 0 Å². The first-order valence-electron chi connectivity index (χ1n) is 10.9. The Balaban J connectivity index is 1.70. The second-order valence-electron chi connectivity index (χ2n) is 8.85. The van der Waals surface area contributed by atoms with Crippen molar-refractivity contribution in [3.8, 4) is 5.69 Å². The van der Waals surface area contributed by atoms with Crippen molar-refractivity contribution in [3.63, 3.8) is 0 Å². The average molecular weight is 437 g/mol. The highest BCUT2D eigenvalue weighted by Gasteiger charge is 2.54. The lowest BCUT2D eigenvalue weighted by molar-refractivity contribution is -0.142. The number of aromatic nitrogens is 2. The van der Waals surface area contributed by atoms with E-state index in [9.17, 15) is 9.18 Å². The minimum absolute atomic E-state index is 0.116. The number of hydrogen-bond acceptors (Lipinski definition) is 4. The van der Waals surface area contributed by atoms with E-state index in [1.807, 2.05) is 17.0 Å². The Kier molecular flexibility index (Phi) is 5.91. The molecular formula is C26H29FN2O3. The molecule has 1 aromatic heterocycles. The van der Waals surface area contributed by atoms with Crippen LogP contribution in [0.25, 0.3) is 11.8 Å². The second kappa shape index (κ2) is 8.51. The highest BCUT2D eigenvalue weighted by molar-refractivity contribution is 5.87. The number of benzene rings is 1. The molecule has 5 nitrogen and oxygen atoms in total. The monoisotopic (exact) mass is 436 g/mol. The molecule has 0 spiro atoms. The van der Waals surface area contributed by atoms with Crippen LogP contribution in [0.3, 0.4) is 0 Å². The van der Waals surface area contributed by atoms with Crippen molar-refractivity contribution in [2.24, 2.45) is 5.41 Å². The molecule has 0 unspecified atom stereocenters. The van der Waals surface area contributed by atoms with Crippen molar-refractivity contribution in [1.82, 2.24) is 9.78 Å². The lowest BCUT2D eigenvalue weighted by atomic mass is 9.56. The first-order valence-corrected chi connectivity index (χ1v) is 10.9. The Bertz CT molecular complexity index is 1080. The van der Waals surface area contributed by atoms with E-state index in [0.717, 1.165) is 42.6 Å². The second-order valence-corrected chi connectivity index (χ2v) is 8.85. The molecule has 0 N–H and O–H groups in total. The summed E-state index contributed by atoms with van der Waals surface area (Å²) in [6, 6.07) is 6.36. The molecule has 0 aliphatic heterocycles. The molecule has 32 heavy (non-hydrogen) atoms. The first kappa shape index (κ1) is 22.2. The van der Waals surface area contributed by atoms with Gasteiger partial charge in [-0.15, -0.1) is 6.58 Å². The summed E-state index contributed by atoms with van der Waals surface area (Å²) in [4.78, 5) is 11.9. The molecule has 168 valence electrons. The van der Waals surface area contributed by atoms with Crippen LogP contribution < -0.4 is 0 Å². The van der Waals surface area contributed by atoms with Gasteiger partial charge in [-0.1, -0.05) is 25.2 Å². The van der Waals surface area contributed by atoms with Gasteiger partial charge in [0.05, 0.1) is 42.5 Å². The third-order valence-electron chi connectivity index (χ3n) is 7.02. The van der Waals surface area contributed by atoms with Gasteiger partial charge in [0.15, 0.2) is 0 Å². The minimum atomic E-state index is -0.508. The molecule has 0 saturated heterocycles. The van der Waals surface area contributed by atoms with Gasteiger partial charge in [0.2, 0.25) is 0 Å². The summed E-state index contributed by atoms with van der Waals surface area (Å²) >= 11 is 0. The molecule has 1 heterocycles. The summed E-state index contributed by atoms with van der Waals surface area (Å²) in [5, 5.41) is 4.60. The largest absolute Gasteiger partial charge is 0.466 e. The van der Waals surface area contributed by atoms with Crippen molar-refractivity contribution < 1.29 is 18.7 Å². The van der Waals surface area contributed by atoms with E-state index >= 15 is 0 Å². The van der Waals surface area contributed by atoms with Gasteiger partial charge in [0.1, 0.15) is 5.82 Å². The van der Waals surface area contributed by atoms with Crippen molar-refractivity contribution in [3.05, 3.63) is 77.9 Å². The number of esters is 1. The maximum atomic E-state index is 13.4. The zero-order valence-corrected chi connectivity index (χ0v) is 18.7. The highest BCUT2D eigenvalue weighted by Crippen LogP contribution is 2.56. The fourth-order valence-corrected chi connectivity index (χ4v) is 5.21.